The Kier molecular flexibility index (Phi) is 4.19. The number of nitrogens with zero attached hydrogens (tertiary/aromatic N) is 1. The van der Waals surface area contributed by atoms with Crippen LogP contribution in [0.4, 0.5) is 4.79 Å². The van der Waals surface area contributed by atoms with Gasteiger partial charge in [0.15, 0.2) is 0 Å². The lowest BCUT2D eigenvalue weighted by atomic mass is 9.98. The summed E-state index contributed by atoms with van der Waals surface area (Å²) in [6, 6.07) is 2.17. The maximum absolute atomic E-state index is 11.0. The van der Waals surface area contributed by atoms with Crippen LogP contribution in [0, 0.1) is 0 Å². The molecule has 98 valence electrons. The highest BCUT2D eigenvalue weighted by molar-refractivity contribution is 7.10. The molecule has 1 unspecified atom stereocenters. The average molecular weight is 267 g/mol. The molecular weight excluding hydrogens is 250 g/mol. The molecule has 2 rings (SSSR count). The van der Waals surface area contributed by atoms with Crippen LogP contribution in [-0.2, 0) is 11.2 Å². The fourth-order valence-corrected chi connectivity index (χ4v) is 2.90. The second-order valence-electron chi connectivity index (χ2n) is 4.04. The molecule has 1 aromatic heterocycles. The van der Waals surface area contributed by atoms with Crippen molar-refractivity contribution in [2.75, 3.05) is 20.2 Å². The Morgan fingerprint density at radius 2 is 2.56 bits per heavy atom. The molecule has 0 aromatic carbocycles. The number of aryl methyl sites for hydroxylation is 1. The number of amides is 1. The van der Waals surface area contributed by atoms with Gasteiger partial charge in [0.05, 0.1) is 13.7 Å². The second kappa shape index (κ2) is 5.86. The Morgan fingerprint density at radius 1 is 1.72 bits per heavy atom. The summed E-state index contributed by atoms with van der Waals surface area (Å²) in [5.41, 5.74) is 1.37. The predicted octanol–water partition coefficient (Wildman–Crippen LogP) is 1.71. The summed E-state index contributed by atoms with van der Waals surface area (Å²) in [6.45, 7) is 3.64. The standard InChI is InChI=1S/C12H17N3O2S/c1-3-10-9(4-5-18-10)8-6-13-11(14-7-8)15-12(16)17-2/h4-5,8H,3,6-7H2,1-2H3,(H2,13,14,15,16). The maximum atomic E-state index is 11.0. The normalized spacial score (nSPS) is 18.8. The number of methoxy groups -OCH3 is 1. The molecule has 18 heavy (non-hydrogen) atoms. The SMILES string of the molecule is CCc1sccc1C1CN=C(NC(=O)OC)NC1. The number of alkyl carbamates (subject to hydrolysis) is 1. The molecule has 1 aliphatic rings. The van der Waals surface area contributed by atoms with Crippen LogP contribution in [0.3, 0.4) is 0 Å². The first-order valence-corrected chi connectivity index (χ1v) is 6.82. The van der Waals surface area contributed by atoms with E-state index in [1.54, 1.807) is 11.3 Å². The van der Waals surface area contributed by atoms with Crippen molar-refractivity contribution in [2.24, 2.45) is 4.99 Å². The topological polar surface area (TPSA) is 62.7 Å². The first-order valence-electron chi connectivity index (χ1n) is 5.94. The number of carbonyl (C=O) groups excluding carboxylic acids is 1. The molecule has 0 saturated carbocycles. The number of aliphatic imine (C=N–C) groups is 1. The minimum Gasteiger partial charge on any atom is -0.453 e. The molecule has 5 nitrogen and oxygen atoms in total. The van der Waals surface area contributed by atoms with Crippen LogP contribution in [0.1, 0.15) is 23.3 Å². The van der Waals surface area contributed by atoms with Gasteiger partial charge in [-0.05, 0) is 23.4 Å². The third kappa shape index (κ3) is 2.81. The third-order valence-electron chi connectivity index (χ3n) is 2.93. The van der Waals surface area contributed by atoms with Gasteiger partial charge in [0.1, 0.15) is 0 Å². The minimum absolute atomic E-state index is 0.384. The van der Waals surface area contributed by atoms with Crippen molar-refractivity contribution in [1.82, 2.24) is 10.6 Å². The summed E-state index contributed by atoms with van der Waals surface area (Å²) in [5.74, 6) is 0.876. The van der Waals surface area contributed by atoms with E-state index in [2.05, 4.69) is 38.7 Å². The molecule has 6 heteroatoms. The van der Waals surface area contributed by atoms with Gasteiger partial charge < -0.3 is 10.1 Å². The monoisotopic (exact) mass is 267 g/mol. The van der Waals surface area contributed by atoms with Gasteiger partial charge in [-0.1, -0.05) is 6.92 Å². The molecule has 2 heterocycles. The van der Waals surface area contributed by atoms with Gasteiger partial charge in [-0.15, -0.1) is 11.3 Å². The van der Waals surface area contributed by atoms with Gasteiger partial charge in [-0.3, -0.25) is 10.3 Å². The lowest BCUT2D eigenvalue weighted by molar-refractivity contribution is 0.176. The fourth-order valence-electron chi connectivity index (χ4n) is 1.98. The van der Waals surface area contributed by atoms with Gasteiger partial charge in [0, 0.05) is 17.3 Å². The first kappa shape index (κ1) is 12.9. The minimum atomic E-state index is -0.496. The lowest BCUT2D eigenvalue weighted by Crippen LogP contribution is -2.45. The lowest BCUT2D eigenvalue weighted by Gasteiger charge is -2.23. The fraction of sp³-hybridized carbons (Fsp3) is 0.500. The first-order chi connectivity index (χ1) is 8.74. The van der Waals surface area contributed by atoms with Crippen molar-refractivity contribution in [3.63, 3.8) is 0 Å². The molecule has 2 N–H and O–H groups in total. The number of guanidine groups is 1. The molecule has 0 aliphatic carbocycles. The molecular formula is C12H17N3O2S. The maximum Gasteiger partial charge on any atom is 0.413 e. The van der Waals surface area contributed by atoms with Crippen molar-refractivity contribution < 1.29 is 9.53 Å². The number of hydrogen-bond acceptors (Lipinski definition) is 5. The zero-order chi connectivity index (χ0) is 13.0. The van der Waals surface area contributed by atoms with Crippen molar-refractivity contribution in [1.29, 1.82) is 0 Å². The van der Waals surface area contributed by atoms with Crippen LogP contribution in [0.15, 0.2) is 16.4 Å². The zero-order valence-corrected chi connectivity index (χ0v) is 11.3. The average Bonchev–Trinajstić information content (AvgIpc) is 2.87. The van der Waals surface area contributed by atoms with E-state index in [4.69, 9.17) is 0 Å². The van der Waals surface area contributed by atoms with E-state index in [0.717, 1.165) is 13.0 Å². The smallest absolute Gasteiger partial charge is 0.413 e. The number of carbonyl (C=O) groups is 1. The van der Waals surface area contributed by atoms with Gasteiger partial charge in [0.25, 0.3) is 0 Å². The molecule has 0 bridgehead atoms. The van der Waals surface area contributed by atoms with E-state index in [0.29, 0.717) is 18.4 Å². The molecule has 0 radical (unpaired) electrons. The molecule has 0 fully saturated rings. The molecule has 1 aromatic rings. The number of ether oxygens (including phenoxy) is 1. The summed E-state index contributed by atoms with van der Waals surface area (Å²) < 4.78 is 4.52. The molecule has 1 amide bonds. The van der Waals surface area contributed by atoms with Crippen LogP contribution >= 0.6 is 11.3 Å². The van der Waals surface area contributed by atoms with Crippen LogP contribution < -0.4 is 10.6 Å². The van der Waals surface area contributed by atoms with Crippen molar-refractivity contribution in [2.45, 2.75) is 19.3 Å². The summed E-state index contributed by atoms with van der Waals surface area (Å²) in [7, 11) is 1.33. The molecule has 0 spiro atoms. The van der Waals surface area contributed by atoms with Gasteiger partial charge in [-0.25, -0.2) is 4.79 Å². The number of thiophene rings is 1. The van der Waals surface area contributed by atoms with Crippen molar-refractivity contribution in [3.8, 4) is 0 Å². The van der Waals surface area contributed by atoms with Gasteiger partial charge >= 0.3 is 6.09 Å². The number of nitrogens with one attached hydrogen (secondary N) is 2. The van der Waals surface area contributed by atoms with E-state index >= 15 is 0 Å². The Hall–Kier alpha value is -1.56. The zero-order valence-electron chi connectivity index (χ0n) is 10.5. The summed E-state index contributed by atoms with van der Waals surface area (Å²) in [4.78, 5) is 16.8. The summed E-state index contributed by atoms with van der Waals surface area (Å²) in [5, 5.41) is 7.79. The third-order valence-corrected chi connectivity index (χ3v) is 4.01. The predicted molar refractivity (Wildman–Crippen MR) is 72.3 cm³/mol. The summed E-state index contributed by atoms with van der Waals surface area (Å²) in [6.07, 6.45) is 0.560. The Balaban J connectivity index is 1.99. The van der Waals surface area contributed by atoms with Gasteiger partial charge in [-0.2, -0.15) is 0 Å². The number of rotatable bonds is 2. The van der Waals surface area contributed by atoms with E-state index < -0.39 is 6.09 Å². The van der Waals surface area contributed by atoms with Crippen molar-refractivity contribution in [3.05, 3.63) is 21.9 Å². The highest BCUT2D eigenvalue weighted by Gasteiger charge is 2.20. The Labute approximate surface area is 110 Å². The Bertz CT molecular complexity index is 456. The Morgan fingerprint density at radius 3 is 3.17 bits per heavy atom. The molecule has 0 saturated heterocycles. The highest BCUT2D eigenvalue weighted by Crippen LogP contribution is 2.26. The number of hydrogen-bond donors (Lipinski definition) is 2. The second-order valence-corrected chi connectivity index (χ2v) is 5.04. The van der Waals surface area contributed by atoms with Crippen molar-refractivity contribution >= 4 is 23.4 Å². The van der Waals surface area contributed by atoms with Crippen LogP contribution in [0.2, 0.25) is 0 Å². The highest BCUT2D eigenvalue weighted by atomic mass is 32.1. The summed E-state index contributed by atoms with van der Waals surface area (Å²) >= 11 is 1.79. The van der Waals surface area contributed by atoms with E-state index in [1.807, 2.05) is 0 Å². The van der Waals surface area contributed by atoms with Crippen LogP contribution in [-0.4, -0.2) is 32.3 Å². The van der Waals surface area contributed by atoms with E-state index in [-0.39, 0.29) is 0 Å². The van der Waals surface area contributed by atoms with Crippen LogP contribution in [0.5, 0.6) is 0 Å². The van der Waals surface area contributed by atoms with E-state index in [1.165, 1.54) is 17.6 Å². The van der Waals surface area contributed by atoms with Gasteiger partial charge in [0.2, 0.25) is 5.96 Å². The van der Waals surface area contributed by atoms with Crippen LogP contribution in [0.25, 0.3) is 0 Å². The molecule has 1 atom stereocenters. The largest absolute Gasteiger partial charge is 0.453 e. The van der Waals surface area contributed by atoms with E-state index in [9.17, 15) is 4.79 Å². The molecule has 1 aliphatic heterocycles. The quantitative estimate of drug-likeness (QED) is 0.857.